The van der Waals surface area contributed by atoms with E-state index in [1.807, 2.05) is 38.3 Å². The molecule has 0 aliphatic heterocycles. The molecule has 0 saturated carbocycles. The summed E-state index contributed by atoms with van der Waals surface area (Å²) in [7, 11) is 0. The lowest BCUT2D eigenvalue weighted by molar-refractivity contribution is -0.645. The smallest absolute Gasteiger partial charge is 0.251 e. The van der Waals surface area contributed by atoms with E-state index in [9.17, 15) is 10.0 Å². The molecule has 0 bridgehead atoms. The van der Waals surface area contributed by atoms with E-state index in [0.29, 0.717) is 10.6 Å². The fraction of sp³-hybridized carbons (Fsp3) is 0.200. The molecule has 0 unspecified atom stereocenters. The summed E-state index contributed by atoms with van der Waals surface area (Å²) in [6.07, 6.45) is 3.49. The molecule has 0 N–H and O–H groups in total. The van der Waals surface area contributed by atoms with Crippen LogP contribution in [-0.2, 0) is 0 Å². The Balaban J connectivity index is 1.85. The number of carbonyl (C=O) groups is 1. The van der Waals surface area contributed by atoms with E-state index in [2.05, 4.69) is 16.7 Å². The van der Waals surface area contributed by atoms with Crippen LogP contribution in [0.5, 0.6) is 0 Å². The van der Waals surface area contributed by atoms with Gasteiger partial charge in [0.15, 0.2) is 12.0 Å². The molecule has 2 heterocycles. The van der Waals surface area contributed by atoms with Gasteiger partial charge in [-0.05, 0) is 62.2 Å². The predicted molar refractivity (Wildman–Crippen MR) is 107 cm³/mol. The minimum Gasteiger partial charge on any atom is -0.618 e. The second kappa shape index (κ2) is 8.01. The van der Waals surface area contributed by atoms with E-state index < -0.39 is 0 Å². The van der Waals surface area contributed by atoms with Gasteiger partial charge in [-0.2, -0.15) is 4.73 Å². The van der Waals surface area contributed by atoms with Gasteiger partial charge in [0, 0.05) is 39.7 Å². The maximum atomic E-state index is 12.7. The number of benzene rings is 1. The largest absolute Gasteiger partial charge is 0.618 e. The second-order valence-electron chi connectivity index (χ2n) is 5.90. The monoisotopic (exact) mass is 384 g/mol. The number of carbonyl (C=O) groups excluding carboxylic acids is 1. The Hall–Kier alpha value is -2.18. The van der Waals surface area contributed by atoms with E-state index in [0.717, 1.165) is 21.8 Å². The van der Waals surface area contributed by atoms with E-state index in [-0.39, 0.29) is 11.5 Å². The minimum atomic E-state index is 0.0271. The average Bonchev–Trinajstić information content (AvgIpc) is 2.95. The molecule has 4 nitrogen and oxygen atoms in total. The fourth-order valence-corrected chi connectivity index (χ4v) is 4.18. The number of nitrogens with zero attached hydrogens (tertiary/aromatic N) is 2. The van der Waals surface area contributed by atoms with E-state index in [1.165, 1.54) is 22.9 Å². The highest BCUT2D eigenvalue weighted by molar-refractivity contribution is 7.99. The lowest BCUT2D eigenvalue weighted by Crippen LogP contribution is -2.28. The standard InChI is InChI=1S/C20H20N2O2S2/c1-14-11-18(19(23)13-26-20-9-4-5-10-21(20)24)15(2)22(14)16-7-6-8-17(12-16)25-3/h4-12H,13H2,1-3H3. The van der Waals surface area contributed by atoms with Crippen molar-refractivity contribution in [2.45, 2.75) is 23.8 Å². The maximum absolute atomic E-state index is 12.7. The number of aryl methyl sites for hydroxylation is 1. The Kier molecular flexibility index (Phi) is 5.74. The van der Waals surface area contributed by atoms with E-state index in [4.69, 9.17) is 0 Å². The summed E-state index contributed by atoms with van der Waals surface area (Å²) >= 11 is 2.96. The number of rotatable bonds is 6. The van der Waals surface area contributed by atoms with E-state index in [1.54, 1.807) is 30.0 Å². The van der Waals surface area contributed by atoms with Gasteiger partial charge in [0.2, 0.25) is 0 Å². The normalized spacial score (nSPS) is 10.9. The molecular formula is C20H20N2O2S2. The third kappa shape index (κ3) is 3.81. The molecule has 0 amide bonds. The molecule has 3 aromatic rings. The van der Waals surface area contributed by atoms with Crippen LogP contribution in [0.1, 0.15) is 21.7 Å². The quantitative estimate of drug-likeness (QED) is 0.273. The van der Waals surface area contributed by atoms with Gasteiger partial charge >= 0.3 is 0 Å². The maximum Gasteiger partial charge on any atom is 0.251 e. The van der Waals surface area contributed by atoms with Gasteiger partial charge in [-0.15, -0.1) is 11.8 Å². The van der Waals surface area contributed by atoms with Gasteiger partial charge in [-0.3, -0.25) is 4.79 Å². The molecule has 26 heavy (non-hydrogen) atoms. The molecule has 0 fully saturated rings. The van der Waals surface area contributed by atoms with Crippen molar-refractivity contribution in [3.63, 3.8) is 0 Å². The predicted octanol–water partition coefficient (Wildman–Crippen LogP) is 4.42. The van der Waals surface area contributed by atoms with Crippen LogP contribution in [0.4, 0.5) is 0 Å². The van der Waals surface area contributed by atoms with Gasteiger partial charge in [0.1, 0.15) is 0 Å². The number of Topliss-reactive ketones (excluding diaryl/α,β-unsaturated/α-hetero) is 1. The summed E-state index contributed by atoms with van der Waals surface area (Å²) in [6, 6.07) is 15.4. The average molecular weight is 385 g/mol. The summed E-state index contributed by atoms with van der Waals surface area (Å²) in [5.74, 6) is 0.265. The zero-order valence-electron chi connectivity index (χ0n) is 14.9. The van der Waals surface area contributed by atoms with Crippen LogP contribution in [0, 0.1) is 19.1 Å². The number of hydrogen-bond donors (Lipinski definition) is 0. The van der Waals surface area contributed by atoms with Crippen LogP contribution in [0.3, 0.4) is 0 Å². The first kappa shape index (κ1) is 18.6. The summed E-state index contributed by atoms with van der Waals surface area (Å²) in [5.41, 5.74) is 3.71. The summed E-state index contributed by atoms with van der Waals surface area (Å²) in [5, 5.41) is 12.2. The van der Waals surface area contributed by atoms with Crippen LogP contribution < -0.4 is 4.73 Å². The molecule has 6 heteroatoms. The molecule has 0 spiro atoms. The molecular weight excluding hydrogens is 364 g/mol. The van der Waals surface area contributed by atoms with Gasteiger partial charge in [-0.1, -0.05) is 6.07 Å². The van der Waals surface area contributed by atoms with Crippen molar-refractivity contribution >= 4 is 29.3 Å². The molecule has 1 aromatic carbocycles. The zero-order chi connectivity index (χ0) is 18.7. The number of hydrogen-bond acceptors (Lipinski definition) is 4. The highest BCUT2D eigenvalue weighted by Crippen LogP contribution is 2.25. The molecule has 0 aliphatic rings. The molecule has 134 valence electrons. The van der Waals surface area contributed by atoms with Gasteiger partial charge in [-0.25, -0.2) is 0 Å². The number of ketones is 1. The Labute approximate surface area is 161 Å². The van der Waals surface area contributed by atoms with Crippen molar-refractivity contribution in [3.8, 4) is 5.69 Å². The first-order chi connectivity index (χ1) is 12.5. The van der Waals surface area contributed by atoms with Crippen LogP contribution >= 0.6 is 23.5 Å². The minimum absolute atomic E-state index is 0.0271. The van der Waals surface area contributed by atoms with Crippen molar-refractivity contribution in [2.75, 3.05) is 12.0 Å². The molecule has 0 saturated heterocycles. The molecule has 0 radical (unpaired) electrons. The zero-order valence-corrected chi connectivity index (χ0v) is 16.6. The first-order valence-electron chi connectivity index (χ1n) is 8.19. The Morgan fingerprint density at radius 1 is 1.15 bits per heavy atom. The molecule has 2 aromatic heterocycles. The van der Waals surface area contributed by atoms with Gasteiger partial charge in [0.25, 0.3) is 5.03 Å². The van der Waals surface area contributed by atoms with Gasteiger partial charge in [0.05, 0.1) is 5.75 Å². The Bertz CT molecular complexity index is 951. The lowest BCUT2D eigenvalue weighted by atomic mass is 10.2. The van der Waals surface area contributed by atoms with Crippen molar-refractivity contribution in [1.29, 1.82) is 0 Å². The van der Waals surface area contributed by atoms with Crippen molar-refractivity contribution in [1.82, 2.24) is 4.57 Å². The second-order valence-corrected chi connectivity index (χ2v) is 7.77. The van der Waals surface area contributed by atoms with Crippen molar-refractivity contribution in [2.24, 2.45) is 0 Å². The van der Waals surface area contributed by atoms with Crippen LogP contribution in [0.25, 0.3) is 5.69 Å². The summed E-state index contributed by atoms with van der Waals surface area (Å²) < 4.78 is 2.89. The Morgan fingerprint density at radius 3 is 2.69 bits per heavy atom. The number of aromatic nitrogens is 2. The number of thioether (sulfide) groups is 2. The third-order valence-electron chi connectivity index (χ3n) is 4.18. The van der Waals surface area contributed by atoms with Crippen LogP contribution in [-0.4, -0.2) is 22.4 Å². The summed E-state index contributed by atoms with van der Waals surface area (Å²) in [6.45, 7) is 3.97. The highest BCUT2D eigenvalue weighted by atomic mass is 32.2. The van der Waals surface area contributed by atoms with Crippen molar-refractivity contribution < 1.29 is 9.52 Å². The van der Waals surface area contributed by atoms with E-state index >= 15 is 0 Å². The molecule has 3 rings (SSSR count). The van der Waals surface area contributed by atoms with Crippen LogP contribution in [0.15, 0.2) is 64.6 Å². The first-order valence-corrected chi connectivity index (χ1v) is 10.4. The fourth-order valence-electron chi connectivity index (χ4n) is 2.93. The Morgan fingerprint density at radius 2 is 1.96 bits per heavy atom. The van der Waals surface area contributed by atoms with Crippen LogP contribution in [0.2, 0.25) is 0 Å². The topological polar surface area (TPSA) is 48.9 Å². The molecule has 0 aliphatic carbocycles. The van der Waals surface area contributed by atoms with Gasteiger partial charge < -0.3 is 9.77 Å². The lowest BCUT2D eigenvalue weighted by Gasteiger charge is -2.11. The molecule has 0 atom stereocenters. The third-order valence-corrected chi connectivity index (χ3v) is 5.93. The number of pyridine rings is 1. The summed E-state index contributed by atoms with van der Waals surface area (Å²) in [4.78, 5) is 13.9. The van der Waals surface area contributed by atoms with Crippen molar-refractivity contribution in [3.05, 3.63) is 76.9 Å². The SMILES string of the molecule is CSc1cccc(-n2c(C)cc(C(=O)CSc3cccc[n+]3[O-])c2C)c1. The highest BCUT2D eigenvalue weighted by Gasteiger charge is 2.18.